The van der Waals surface area contributed by atoms with Crippen molar-refractivity contribution >= 4 is 11.6 Å². The molecule has 0 heterocycles. The molecule has 0 fully saturated rings. The third kappa shape index (κ3) is 7.14. The van der Waals surface area contributed by atoms with Gasteiger partial charge in [0.25, 0.3) is 0 Å². The molecule has 1 rings (SSSR count). The summed E-state index contributed by atoms with van der Waals surface area (Å²) in [4.78, 5) is 13.5. The molecule has 3 N–H and O–H groups in total. The number of hydrogen-bond acceptors (Lipinski definition) is 3. The molecule has 0 spiro atoms. The predicted octanol–water partition coefficient (Wildman–Crippen LogP) is 3.10. The summed E-state index contributed by atoms with van der Waals surface area (Å²) < 4.78 is 0. The molecule has 0 atom stereocenters. The van der Waals surface area contributed by atoms with Crippen molar-refractivity contribution in [3.63, 3.8) is 0 Å². The van der Waals surface area contributed by atoms with Crippen molar-refractivity contribution in [3.8, 4) is 0 Å². The number of carbonyl (C=O) groups is 1. The van der Waals surface area contributed by atoms with E-state index in [1.165, 1.54) is 38.8 Å². The summed E-state index contributed by atoms with van der Waals surface area (Å²) >= 11 is 0. The van der Waals surface area contributed by atoms with Crippen LogP contribution >= 0.6 is 0 Å². The smallest absolute Gasteiger partial charge is 0.248 e. The van der Waals surface area contributed by atoms with Crippen LogP contribution in [0.1, 0.15) is 49.9 Å². The molecule has 0 aliphatic heterocycles. The minimum atomic E-state index is -0.383. The molecule has 0 bridgehead atoms. The van der Waals surface area contributed by atoms with Crippen molar-refractivity contribution in [1.82, 2.24) is 4.90 Å². The molecular formula is C17H29N3O. The van der Waals surface area contributed by atoms with Crippen LogP contribution in [0.2, 0.25) is 0 Å². The number of nitrogens with one attached hydrogen (secondary N) is 1. The van der Waals surface area contributed by atoms with E-state index in [0.717, 1.165) is 18.8 Å². The highest BCUT2D eigenvalue weighted by Crippen LogP contribution is 2.09. The van der Waals surface area contributed by atoms with Crippen LogP contribution in [-0.4, -0.2) is 37.0 Å². The van der Waals surface area contributed by atoms with E-state index in [2.05, 4.69) is 24.1 Å². The van der Waals surface area contributed by atoms with E-state index in [9.17, 15) is 4.79 Å². The van der Waals surface area contributed by atoms with Gasteiger partial charge in [-0.15, -0.1) is 0 Å². The Kier molecular flexibility index (Phi) is 8.51. The van der Waals surface area contributed by atoms with Crippen molar-refractivity contribution < 1.29 is 4.79 Å². The minimum absolute atomic E-state index is 0.383. The van der Waals surface area contributed by atoms with Crippen molar-refractivity contribution in [1.29, 1.82) is 0 Å². The van der Waals surface area contributed by atoms with Crippen LogP contribution in [0.25, 0.3) is 0 Å². The second kappa shape index (κ2) is 10.2. The van der Waals surface area contributed by atoms with Crippen molar-refractivity contribution in [2.45, 2.75) is 39.5 Å². The lowest BCUT2D eigenvalue weighted by atomic mass is 10.2. The lowest BCUT2D eigenvalue weighted by molar-refractivity contribution is 0.100. The number of anilines is 1. The topological polar surface area (TPSA) is 58.4 Å². The largest absolute Gasteiger partial charge is 0.384 e. The number of hydrogen-bond donors (Lipinski definition) is 2. The molecule has 0 aromatic heterocycles. The van der Waals surface area contributed by atoms with Crippen LogP contribution in [0.4, 0.5) is 5.69 Å². The van der Waals surface area contributed by atoms with E-state index in [0.29, 0.717) is 5.56 Å². The second-order valence-corrected chi connectivity index (χ2v) is 5.42. The minimum Gasteiger partial charge on any atom is -0.384 e. The summed E-state index contributed by atoms with van der Waals surface area (Å²) in [5, 5.41) is 3.40. The maximum atomic E-state index is 11.0. The van der Waals surface area contributed by atoms with E-state index >= 15 is 0 Å². The Bertz CT molecular complexity index is 395. The van der Waals surface area contributed by atoms with Gasteiger partial charge in [0.05, 0.1) is 0 Å². The summed E-state index contributed by atoms with van der Waals surface area (Å²) in [5.74, 6) is -0.383. The number of carbonyl (C=O) groups excluding carboxylic acids is 1. The van der Waals surface area contributed by atoms with Gasteiger partial charge < -0.3 is 16.0 Å². The Morgan fingerprint density at radius 1 is 1.05 bits per heavy atom. The maximum Gasteiger partial charge on any atom is 0.248 e. The Morgan fingerprint density at radius 3 is 2.10 bits per heavy atom. The fourth-order valence-electron chi connectivity index (χ4n) is 2.21. The van der Waals surface area contributed by atoms with Crippen LogP contribution in [-0.2, 0) is 0 Å². The third-order valence-electron chi connectivity index (χ3n) is 3.58. The number of rotatable bonds is 11. The highest BCUT2D eigenvalue weighted by Gasteiger charge is 2.04. The first-order valence-corrected chi connectivity index (χ1v) is 8.03. The van der Waals surface area contributed by atoms with E-state index < -0.39 is 0 Å². The molecule has 1 aromatic carbocycles. The van der Waals surface area contributed by atoms with Crippen LogP contribution < -0.4 is 11.1 Å². The first-order chi connectivity index (χ1) is 10.2. The Labute approximate surface area is 128 Å². The van der Waals surface area contributed by atoms with E-state index in [-0.39, 0.29) is 5.91 Å². The van der Waals surface area contributed by atoms with Gasteiger partial charge in [-0.1, -0.05) is 26.7 Å². The van der Waals surface area contributed by atoms with Crippen LogP contribution in [0.5, 0.6) is 0 Å². The number of amides is 1. The SMILES string of the molecule is CCCCN(CCCC)CCNc1ccc(C(N)=O)cc1. The molecule has 0 radical (unpaired) electrons. The average Bonchev–Trinajstić information content (AvgIpc) is 2.50. The summed E-state index contributed by atoms with van der Waals surface area (Å²) in [7, 11) is 0. The molecule has 118 valence electrons. The molecule has 4 nitrogen and oxygen atoms in total. The summed E-state index contributed by atoms with van der Waals surface area (Å²) in [6, 6.07) is 7.33. The first kappa shape index (κ1) is 17.5. The van der Waals surface area contributed by atoms with Crippen LogP contribution in [0.3, 0.4) is 0 Å². The second-order valence-electron chi connectivity index (χ2n) is 5.42. The predicted molar refractivity (Wildman–Crippen MR) is 89.7 cm³/mol. The highest BCUT2D eigenvalue weighted by atomic mass is 16.1. The number of nitrogens with zero attached hydrogens (tertiary/aromatic N) is 1. The quantitative estimate of drug-likeness (QED) is 0.658. The molecule has 0 aliphatic rings. The molecule has 0 unspecified atom stereocenters. The molecule has 4 heteroatoms. The maximum absolute atomic E-state index is 11.0. The fraction of sp³-hybridized carbons (Fsp3) is 0.588. The monoisotopic (exact) mass is 291 g/mol. The average molecular weight is 291 g/mol. The lowest BCUT2D eigenvalue weighted by Crippen LogP contribution is -2.31. The van der Waals surface area contributed by atoms with Gasteiger partial charge in [-0.2, -0.15) is 0 Å². The van der Waals surface area contributed by atoms with Gasteiger partial charge in [-0.05, 0) is 50.2 Å². The zero-order valence-corrected chi connectivity index (χ0v) is 13.4. The standard InChI is InChI=1S/C17H29N3O/c1-3-5-12-20(13-6-4-2)14-11-19-16-9-7-15(8-10-16)17(18)21/h7-10,19H,3-6,11-14H2,1-2H3,(H2,18,21). The Morgan fingerprint density at radius 2 is 1.62 bits per heavy atom. The normalized spacial score (nSPS) is 10.8. The molecule has 1 amide bonds. The van der Waals surface area contributed by atoms with E-state index in [1.54, 1.807) is 12.1 Å². The summed E-state index contributed by atoms with van der Waals surface area (Å²) in [5.41, 5.74) is 6.81. The van der Waals surface area contributed by atoms with Crippen molar-refractivity contribution in [3.05, 3.63) is 29.8 Å². The lowest BCUT2D eigenvalue weighted by Gasteiger charge is -2.22. The van der Waals surface area contributed by atoms with Gasteiger partial charge in [0, 0.05) is 24.3 Å². The van der Waals surface area contributed by atoms with Crippen molar-refractivity contribution in [2.24, 2.45) is 5.73 Å². The van der Waals surface area contributed by atoms with Crippen molar-refractivity contribution in [2.75, 3.05) is 31.5 Å². The van der Waals surface area contributed by atoms with Gasteiger partial charge >= 0.3 is 0 Å². The third-order valence-corrected chi connectivity index (χ3v) is 3.58. The first-order valence-electron chi connectivity index (χ1n) is 8.03. The summed E-state index contributed by atoms with van der Waals surface area (Å²) in [6.45, 7) is 8.80. The number of nitrogens with two attached hydrogens (primary N) is 1. The molecule has 21 heavy (non-hydrogen) atoms. The number of primary amides is 1. The number of benzene rings is 1. The van der Waals surface area contributed by atoms with Gasteiger partial charge in [0.15, 0.2) is 0 Å². The number of unbranched alkanes of at least 4 members (excludes halogenated alkanes) is 2. The molecule has 1 aromatic rings. The molecule has 0 saturated carbocycles. The Hall–Kier alpha value is -1.55. The van der Waals surface area contributed by atoms with Crippen LogP contribution in [0.15, 0.2) is 24.3 Å². The van der Waals surface area contributed by atoms with Gasteiger partial charge in [-0.25, -0.2) is 0 Å². The zero-order chi connectivity index (χ0) is 15.5. The van der Waals surface area contributed by atoms with E-state index in [1.807, 2.05) is 12.1 Å². The van der Waals surface area contributed by atoms with Gasteiger partial charge in [0.1, 0.15) is 0 Å². The van der Waals surface area contributed by atoms with Gasteiger partial charge in [-0.3, -0.25) is 4.79 Å². The molecular weight excluding hydrogens is 262 g/mol. The highest BCUT2D eigenvalue weighted by molar-refractivity contribution is 5.93. The molecule has 0 aliphatic carbocycles. The zero-order valence-electron chi connectivity index (χ0n) is 13.4. The van der Waals surface area contributed by atoms with E-state index in [4.69, 9.17) is 5.73 Å². The molecule has 0 saturated heterocycles. The Balaban J connectivity index is 2.36. The fourth-order valence-corrected chi connectivity index (χ4v) is 2.21. The van der Waals surface area contributed by atoms with Gasteiger partial charge in [0.2, 0.25) is 5.91 Å². The van der Waals surface area contributed by atoms with Crippen LogP contribution in [0, 0.1) is 0 Å². The summed E-state index contributed by atoms with van der Waals surface area (Å²) in [6.07, 6.45) is 5.00.